The molecule has 7 rings (SSSR count). The van der Waals surface area contributed by atoms with Crippen LogP contribution in [0.25, 0.3) is 59.8 Å². The molecule has 0 aliphatic heterocycles. The first-order valence-electron chi connectivity index (χ1n) is 11.8. The molecule has 0 fully saturated rings. The SMILES string of the molecule is [C-]#[N+]c1cc(Br)cc(-n2c3ccccc3c3cc(-n4c5ccccc5c5cc(C#N)ccc54)ccc32)c1. The lowest BCUT2D eigenvalue weighted by Gasteiger charge is -2.11. The van der Waals surface area contributed by atoms with E-state index in [-0.39, 0.29) is 0 Å². The first-order valence-corrected chi connectivity index (χ1v) is 12.6. The van der Waals surface area contributed by atoms with E-state index in [0.717, 1.165) is 59.5 Å². The maximum absolute atomic E-state index is 9.48. The molecule has 0 atom stereocenters. The van der Waals surface area contributed by atoms with Gasteiger partial charge in [-0.05, 0) is 66.7 Å². The van der Waals surface area contributed by atoms with Crippen LogP contribution in [0.1, 0.15) is 5.56 Å². The largest absolute Gasteiger partial charge is 0.310 e. The number of nitrogens with zero attached hydrogens (tertiary/aromatic N) is 4. The summed E-state index contributed by atoms with van der Waals surface area (Å²) in [6.07, 6.45) is 0. The number of fused-ring (bicyclic) bond motifs is 6. The van der Waals surface area contributed by atoms with Gasteiger partial charge in [-0.1, -0.05) is 52.3 Å². The van der Waals surface area contributed by atoms with Gasteiger partial charge in [0.1, 0.15) is 0 Å². The Labute approximate surface area is 221 Å². The van der Waals surface area contributed by atoms with Crippen LogP contribution in [0.2, 0.25) is 0 Å². The highest BCUT2D eigenvalue weighted by atomic mass is 79.9. The molecule has 0 radical (unpaired) electrons. The van der Waals surface area contributed by atoms with Crippen LogP contribution in [0.5, 0.6) is 0 Å². The number of hydrogen-bond acceptors (Lipinski definition) is 1. The Morgan fingerprint density at radius 3 is 1.89 bits per heavy atom. The second-order valence-corrected chi connectivity index (χ2v) is 9.95. The molecule has 0 saturated heterocycles. The minimum Gasteiger partial charge on any atom is -0.310 e. The van der Waals surface area contributed by atoms with Crippen LogP contribution in [-0.4, -0.2) is 9.13 Å². The van der Waals surface area contributed by atoms with E-state index in [9.17, 15) is 5.26 Å². The molecule has 4 nitrogen and oxygen atoms in total. The first kappa shape index (κ1) is 21.4. The van der Waals surface area contributed by atoms with Crippen molar-refractivity contribution in [2.24, 2.45) is 0 Å². The van der Waals surface area contributed by atoms with Gasteiger partial charge in [0, 0.05) is 37.4 Å². The van der Waals surface area contributed by atoms with E-state index in [0.29, 0.717) is 11.3 Å². The van der Waals surface area contributed by atoms with E-state index in [4.69, 9.17) is 6.57 Å². The minimum absolute atomic E-state index is 0.592. The van der Waals surface area contributed by atoms with Gasteiger partial charge in [0.25, 0.3) is 0 Å². The van der Waals surface area contributed by atoms with Gasteiger partial charge >= 0.3 is 0 Å². The van der Waals surface area contributed by atoms with Gasteiger partial charge in [0.15, 0.2) is 5.69 Å². The van der Waals surface area contributed by atoms with Gasteiger partial charge in [0.2, 0.25) is 0 Å². The third kappa shape index (κ3) is 3.19. The van der Waals surface area contributed by atoms with Crippen molar-refractivity contribution in [2.45, 2.75) is 0 Å². The molecule has 2 heterocycles. The van der Waals surface area contributed by atoms with Crippen molar-refractivity contribution >= 4 is 65.2 Å². The van der Waals surface area contributed by atoms with Crippen molar-refractivity contribution < 1.29 is 0 Å². The summed E-state index contributed by atoms with van der Waals surface area (Å²) >= 11 is 3.58. The van der Waals surface area contributed by atoms with Gasteiger partial charge in [-0.15, -0.1) is 0 Å². The highest BCUT2D eigenvalue weighted by Crippen LogP contribution is 2.38. The Hall–Kier alpha value is -4.84. The van der Waals surface area contributed by atoms with Crippen LogP contribution in [0.15, 0.2) is 108 Å². The van der Waals surface area contributed by atoms with Gasteiger partial charge in [-0.2, -0.15) is 5.26 Å². The van der Waals surface area contributed by atoms with Crippen LogP contribution in [0.4, 0.5) is 5.69 Å². The topological polar surface area (TPSA) is 38.0 Å². The average molecular weight is 537 g/mol. The Morgan fingerprint density at radius 1 is 0.622 bits per heavy atom. The summed E-state index contributed by atoms with van der Waals surface area (Å²) in [6.45, 7) is 7.53. The summed E-state index contributed by atoms with van der Waals surface area (Å²) in [6, 6.07) is 37.2. The van der Waals surface area contributed by atoms with Gasteiger partial charge in [0.05, 0.1) is 40.3 Å². The number of nitriles is 1. The molecule has 0 aliphatic carbocycles. The molecule has 7 aromatic rings. The molecule has 2 aromatic heterocycles. The molecule has 0 amide bonds. The molecule has 0 aliphatic rings. The van der Waals surface area contributed by atoms with Crippen LogP contribution in [0.3, 0.4) is 0 Å². The second kappa shape index (κ2) is 8.10. The highest BCUT2D eigenvalue weighted by molar-refractivity contribution is 9.10. The molecular weight excluding hydrogens is 520 g/mol. The van der Waals surface area contributed by atoms with E-state index < -0.39 is 0 Å². The number of para-hydroxylation sites is 2. The van der Waals surface area contributed by atoms with Crippen LogP contribution in [-0.2, 0) is 0 Å². The first-order chi connectivity index (χ1) is 18.2. The summed E-state index contributed by atoms with van der Waals surface area (Å²) < 4.78 is 5.37. The Balaban J connectivity index is 1.56. The zero-order chi connectivity index (χ0) is 25.1. The van der Waals surface area contributed by atoms with E-state index in [1.54, 1.807) is 0 Å². The molecule has 0 spiro atoms. The molecule has 5 aromatic carbocycles. The number of halogens is 1. The normalized spacial score (nSPS) is 11.3. The van der Waals surface area contributed by atoms with Crippen molar-refractivity contribution in [1.82, 2.24) is 9.13 Å². The zero-order valence-corrected chi connectivity index (χ0v) is 21.1. The fraction of sp³-hybridized carbons (Fsp3) is 0. The van der Waals surface area contributed by atoms with Gasteiger partial charge < -0.3 is 9.13 Å². The third-order valence-electron chi connectivity index (χ3n) is 6.97. The second-order valence-electron chi connectivity index (χ2n) is 9.03. The Morgan fingerprint density at radius 2 is 1.22 bits per heavy atom. The predicted octanol–water partition coefficient (Wildman–Crippen LogP) is 9.07. The van der Waals surface area contributed by atoms with Crippen molar-refractivity contribution in [3.8, 4) is 17.4 Å². The minimum atomic E-state index is 0.592. The van der Waals surface area contributed by atoms with Crippen molar-refractivity contribution in [2.75, 3.05) is 0 Å². The van der Waals surface area contributed by atoms with E-state index in [1.807, 2.05) is 48.5 Å². The molecular formula is C32H17BrN4. The molecule has 0 unspecified atom stereocenters. The molecule has 0 N–H and O–H groups in total. The van der Waals surface area contributed by atoms with E-state index >= 15 is 0 Å². The van der Waals surface area contributed by atoms with Crippen LogP contribution >= 0.6 is 15.9 Å². The summed E-state index contributed by atoms with van der Waals surface area (Å²) in [5.74, 6) is 0. The number of aromatic nitrogens is 2. The molecule has 172 valence electrons. The fourth-order valence-corrected chi connectivity index (χ4v) is 5.92. The lowest BCUT2D eigenvalue weighted by molar-refractivity contribution is 1.16. The standard InChI is InChI=1S/C32H17BrN4/c1-35-22-15-21(33)16-24(17-22)37-30-9-5-3-7-26(30)28-18-23(11-13-32(28)37)36-29-8-4-2-6-25(29)27-14-20(19-34)10-12-31(27)36/h2-18H. The fourth-order valence-electron chi connectivity index (χ4n) is 5.45. The summed E-state index contributed by atoms with van der Waals surface area (Å²) in [5, 5.41) is 14.0. The highest BCUT2D eigenvalue weighted by Gasteiger charge is 2.17. The molecule has 37 heavy (non-hydrogen) atoms. The van der Waals surface area contributed by atoms with Crippen molar-refractivity contribution in [3.05, 3.63) is 125 Å². The smallest absolute Gasteiger partial charge is 0.190 e. The average Bonchev–Trinajstić information content (AvgIpc) is 3.44. The number of rotatable bonds is 2. The van der Waals surface area contributed by atoms with Crippen molar-refractivity contribution in [3.63, 3.8) is 0 Å². The summed E-state index contributed by atoms with van der Waals surface area (Å²) in [7, 11) is 0. The summed E-state index contributed by atoms with van der Waals surface area (Å²) in [5.41, 5.74) is 7.58. The number of benzene rings is 5. The van der Waals surface area contributed by atoms with Gasteiger partial charge in [-0.25, -0.2) is 4.85 Å². The van der Waals surface area contributed by atoms with Crippen molar-refractivity contribution in [1.29, 1.82) is 5.26 Å². The summed E-state index contributed by atoms with van der Waals surface area (Å²) in [4.78, 5) is 3.66. The Kier molecular flexibility index (Phi) is 4.69. The molecule has 5 heteroatoms. The van der Waals surface area contributed by atoms with E-state index in [2.05, 4.69) is 90.6 Å². The van der Waals surface area contributed by atoms with Gasteiger partial charge in [-0.3, -0.25) is 0 Å². The monoisotopic (exact) mass is 536 g/mol. The maximum Gasteiger partial charge on any atom is 0.190 e. The van der Waals surface area contributed by atoms with Crippen LogP contribution < -0.4 is 0 Å². The van der Waals surface area contributed by atoms with Crippen LogP contribution in [0, 0.1) is 17.9 Å². The Bertz CT molecular complexity index is 2130. The zero-order valence-electron chi connectivity index (χ0n) is 19.5. The lowest BCUT2D eigenvalue weighted by atomic mass is 10.1. The quantitative estimate of drug-likeness (QED) is 0.203. The maximum atomic E-state index is 9.48. The van der Waals surface area contributed by atoms with E-state index in [1.165, 1.54) is 0 Å². The predicted molar refractivity (Wildman–Crippen MR) is 154 cm³/mol. The number of hydrogen-bond donors (Lipinski definition) is 0. The molecule has 0 bridgehead atoms. The lowest BCUT2D eigenvalue weighted by Crippen LogP contribution is -1.96. The third-order valence-corrected chi connectivity index (χ3v) is 7.43. The molecule has 0 saturated carbocycles.